The average Bonchev–Trinajstić information content (AvgIpc) is 2.87. The number of likely N-dealkylation sites (tertiary alicyclic amines) is 1. The minimum atomic E-state index is 0.809. The van der Waals surface area contributed by atoms with E-state index in [1.54, 1.807) is 11.3 Å². The van der Waals surface area contributed by atoms with Gasteiger partial charge in [-0.25, -0.2) is 4.98 Å². The van der Waals surface area contributed by atoms with Gasteiger partial charge in [0.1, 0.15) is 4.60 Å². The molecule has 0 spiro atoms. The van der Waals surface area contributed by atoms with Crippen molar-refractivity contribution in [3.05, 3.63) is 9.98 Å². The fraction of sp³-hybridized carbons (Fsp3) is 0.727. The first-order valence-corrected chi connectivity index (χ1v) is 7.57. The number of anilines is 1. The largest absolute Gasteiger partial charge is 0.361 e. The van der Waals surface area contributed by atoms with Gasteiger partial charge in [-0.3, -0.25) is 0 Å². The molecule has 16 heavy (non-hydrogen) atoms. The first-order valence-electron chi connectivity index (χ1n) is 5.90. The fourth-order valence-electron chi connectivity index (χ4n) is 2.37. The Morgan fingerprint density at radius 3 is 3.06 bits per heavy atom. The van der Waals surface area contributed by atoms with E-state index in [0.29, 0.717) is 0 Å². The molecule has 1 aromatic heterocycles. The number of nitrogens with one attached hydrogen (secondary N) is 1. The molecule has 5 heteroatoms. The maximum Gasteiger partial charge on any atom is 0.183 e. The quantitative estimate of drug-likeness (QED) is 0.927. The van der Waals surface area contributed by atoms with E-state index in [1.165, 1.54) is 32.4 Å². The van der Waals surface area contributed by atoms with E-state index in [9.17, 15) is 0 Å². The summed E-state index contributed by atoms with van der Waals surface area (Å²) >= 11 is 5.04. The van der Waals surface area contributed by atoms with Gasteiger partial charge in [0.25, 0.3) is 0 Å². The number of hydrogen-bond acceptors (Lipinski definition) is 4. The molecule has 0 bridgehead atoms. The third-order valence-corrected chi connectivity index (χ3v) is 4.91. The molecule has 1 aliphatic heterocycles. The van der Waals surface area contributed by atoms with Crippen LogP contribution in [0.5, 0.6) is 0 Å². The van der Waals surface area contributed by atoms with Crippen molar-refractivity contribution < 1.29 is 0 Å². The van der Waals surface area contributed by atoms with Gasteiger partial charge in [0.15, 0.2) is 5.13 Å². The zero-order valence-electron chi connectivity index (χ0n) is 9.16. The van der Waals surface area contributed by atoms with Crippen molar-refractivity contribution in [1.29, 1.82) is 0 Å². The summed E-state index contributed by atoms with van der Waals surface area (Å²) < 4.78 is 0.936. The Bertz CT molecular complexity index is 364. The van der Waals surface area contributed by atoms with E-state index in [2.05, 4.69) is 31.1 Å². The lowest BCUT2D eigenvalue weighted by Gasteiger charge is -2.14. The number of hydrogen-bond donors (Lipinski definition) is 1. The highest BCUT2D eigenvalue weighted by molar-refractivity contribution is 9.10. The molecule has 1 atom stereocenters. The Morgan fingerprint density at radius 1 is 1.50 bits per heavy atom. The number of aromatic nitrogens is 1. The van der Waals surface area contributed by atoms with Crippen molar-refractivity contribution in [2.45, 2.75) is 25.3 Å². The summed E-state index contributed by atoms with van der Waals surface area (Å²) in [6, 6.07) is 0.930. The molecule has 0 radical (unpaired) electrons. The molecule has 2 aliphatic rings. The Labute approximate surface area is 108 Å². The molecule has 1 N–H and O–H groups in total. The topological polar surface area (TPSA) is 28.2 Å². The third-order valence-electron chi connectivity index (χ3n) is 3.40. The van der Waals surface area contributed by atoms with Crippen molar-refractivity contribution in [1.82, 2.24) is 9.88 Å². The normalized spacial score (nSPS) is 26.2. The molecule has 0 aromatic carbocycles. The van der Waals surface area contributed by atoms with E-state index in [0.717, 1.165) is 28.2 Å². The van der Waals surface area contributed by atoms with Crippen LogP contribution in [0.2, 0.25) is 0 Å². The first kappa shape index (κ1) is 11.0. The summed E-state index contributed by atoms with van der Waals surface area (Å²) in [5, 5.41) is 6.50. The van der Waals surface area contributed by atoms with Gasteiger partial charge in [-0.05, 0) is 47.7 Å². The third kappa shape index (κ3) is 2.57. The van der Waals surface area contributed by atoms with Crippen molar-refractivity contribution in [2.75, 3.05) is 25.0 Å². The van der Waals surface area contributed by atoms with Crippen molar-refractivity contribution in [3.8, 4) is 0 Å². The van der Waals surface area contributed by atoms with Gasteiger partial charge in [-0.15, -0.1) is 11.3 Å². The molecule has 2 heterocycles. The zero-order chi connectivity index (χ0) is 11.0. The van der Waals surface area contributed by atoms with Crippen LogP contribution in [0.4, 0.5) is 5.13 Å². The predicted octanol–water partition coefficient (Wildman–Crippen LogP) is 2.80. The summed E-state index contributed by atoms with van der Waals surface area (Å²) in [5.74, 6) is 0.809. The summed E-state index contributed by atoms with van der Waals surface area (Å²) in [6.45, 7) is 3.66. The van der Waals surface area contributed by atoms with E-state index in [4.69, 9.17) is 0 Å². The molecule has 1 saturated heterocycles. The zero-order valence-corrected chi connectivity index (χ0v) is 11.6. The van der Waals surface area contributed by atoms with Crippen LogP contribution in [0.1, 0.15) is 19.3 Å². The average molecular weight is 302 g/mol. The second-order valence-electron chi connectivity index (χ2n) is 4.74. The second kappa shape index (κ2) is 4.63. The lowest BCUT2D eigenvalue weighted by atomic mass is 10.1. The van der Waals surface area contributed by atoms with Crippen molar-refractivity contribution in [3.63, 3.8) is 0 Å². The summed E-state index contributed by atoms with van der Waals surface area (Å²) in [4.78, 5) is 7.01. The van der Waals surface area contributed by atoms with E-state index in [1.807, 2.05) is 5.38 Å². The van der Waals surface area contributed by atoms with E-state index in [-0.39, 0.29) is 0 Å². The fourth-order valence-corrected chi connectivity index (χ4v) is 3.52. The molecule has 1 saturated carbocycles. The minimum Gasteiger partial charge on any atom is -0.361 e. The molecule has 1 aliphatic carbocycles. The maximum atomic E-state index is 4.35. The first-order chi connectivity index (χ1) is 7.81. The molecule has 0 amide bonds. The smallest absolute Gasteiger partial charge is 0.183 e. The molecule has 3 rings (SSSR count). The molecule has 88 valence electrons. The van der Waals surface area contributed by atoms with Crippen LogP contribution in [-0.4, -0.2) is 35.6 Å². The van der Waals surface area contributed by atoms with Crippen LogP contribution in [0, 0.1) is 5.92 Å². The summed E-state index contributed by atoms with van der Waals surface area (Å²) in [5.41, 5.74) is 0. The number of rotatable bonds is 4. The van der Waals surface area contributed by atoms with Crippen molar-refractivity contribution >= 4 is 32.4 Å². The van der Waals surface area contributed by atoms with Crippen LogP contribution in [0.25, 0.3) is 0 Å². The van der Waals surface area contributed by atoms with Gasteiger partial charge in [0.2, 0.25) is 0 Å². The summed E-state index contributed by atoms with van der Waals surface area (Å²) in [6.07, 6.45) is 4.20. The van der Waals surface area contributed by atoms with Crippen LogP contribution in [0.3, 0.4) is 0 Å². The predicted molar refractivity (Wildman–Crippen MR) is 71.0 cm³/mol. The number of halogens is 1. The van der Waals surface area contributed by atoms with Crippen LogP contribution in [0.15, 0.2) is 9.98 Å². The van der Waals surface area contributed by atoms with Crippen LogP contribution in [-0.2, 0) is 0 Å². The van der Waals surface area contributed by atoms with E-state index < -0.39 is 0 Å². The Hall–Kier alpha value is -0.130. The standard InChI is InChI=1S/C11H16BrN3S/c12-10-7-16-11(14-10)13-5-8-3-4-15(6-8)9-1-2-9/h7-9H,1-6H2,(H,13,14). The van der Waals surface area contributed by atoms with Gasteiger partial charge >= 0.3 is 0 Å². The summed E-state index contributed by atoms with van der Waals surface area (Å²) in [7, 11) is 0. The highest BCUT2D eigenvalue weighted by Crippen LogP contribution is 2.31. The minimum absolute atomic E-state index is 0.809. The molecule has 3 nitrogen and oxygen atoms in total. The number of thiazole rings is 1. The molecule has 1 unspecified atom stereocenters. The highest BCUT2D eigenvalue weighted by Gasteiger charge is 2.34. The van der Waals surface area contributed by atoms with E-state index >= 15 is 0 Å². The number of nitrogens with zero attached hydrogens (tertiary/aromatic N) is 2. The lowest BCUT2D eigenvalue weighted by molar-refractivity contribution is 0.316. The molecular formula is C11H16BrN3S. The van der Waals surface area contributed by atoms with Gasteiger partial charge in [0.05, 0.1) is 0 Å². The molecule has 2 fully saturated rings. The highest BCUT2D eigenvalue weighted by atomic mass is 79.9. The monoisotopic (exact) mass is 301 g/mol. The maximum absolute atomic E-state index is 4.35. The van der Waals surface area contributed by atoms with Gasteiger partial charge in [-0.2, -0.15) is 0 Å². The molecular weight excluding hydrogens is 286 g/mol. The lowest BCUT2D eigenvalue weighted by Crippen LogP contribution is -2.24. The van der Waals surface area contributed by atoms with Crippen LogP contribution >= 0.6 is 27.3 Å². The van der Waals surface area contributed by atoms with Gasteiger partial charge in [-0.1, -0.05) is 0 Å². The van der Waals surface area contributed by atoms with Crippen molar-refractivity contribution in [2.24, 2.45) is 5.92 Å². The SMILES string of the molecule is Brc1csc(NCC2CCN(C3CC3)C2)n1. The Balaban J connectivity index is 1.45. The van der Waals surface area contributed by atoms with Gasteiger partial charge < -0.3 is 10.2 Å². The Kier molecular flexibility index (Phi) is 3.18. The van der Waals surface area contributed by atoms with Crippen LogP contribution < -0.4 is 5.32 Å². The molecule has 1 aromatic rings. The van der Waals surface area contributed by atoms with Gasteiger partial charge in [0, 0.05) is 24.5 Å². The Morgan fingerprint density at radius 2 is 2.38 bits per heavy atom. The second-order valence-corrected chi connectivity index (χ2v) is 6.41.